The third-order valence-corrected chi connectivity index (χ3v) is 4.00. The van der Waals surface area contributed by atoms with E-state index in [1.54, 1.807) is 20.3 Å². The average Bonchev–Trinajstić information content (AvgIpc) is 3.03. The van der Waals surface area contributed by atoms with Gasteiger partial charge in [0.25, 0.3) is 0 Å². The van der Waals surface area contributed by atoms with E-state index in [9.17, 15) is 4.79 Å². The highest BCUT2D eigenvalue weighted by atomic mass is 16.5. The number of amides is 1. The predicted molar refractivity (Wildman–Crippen MR) is 93.4 cm³/mol. The molecule has 2 N–H and O–H groups in total. The second-order valence-electron chi connectivity index (χ2n) is 5.49. The average molecular weight is 324 g/mol. The van der Waals surface area contributed by atoms with E-state index in [1.165, 1.54) is 0 Å². The van der Waals surface area contributed by atoms with Crippen LogP contribution < -0.4 is 14.8 Å². The lowest BCUT2D eigenvalue weighted by Crippen LogP contribution is -2.24. The van der Waals surface area contributed by atoms with Crippen LogP contribution in [0.4, 0.5) is 0 Å². The second kappa shape index (κ2) is 7.08. The van der Waals surface area contributed by atoms with Crippen LogP contribution >= 0.6 is 0 Å². The zero-order valence-corrected chi connectivity index (χ0v) is 13.8. The summed E-state index contributed by atoms with van der Waals surface area (Å²) in [5.74, 6) is 1.39. The number of aromatic amines is 1. The first-order valence-electron chi connectivity index (χ1n) is 7.74. The molecule has 3 rings (SSSR count). The number of fused-ring (bicyclic) bond motifs is 1. The molecular formula is C19H20N2O3. The summed E-state index contributed by atoms with van der Waals surface area (Å²) in [6, 6.07) is 13.5. The van der Waals surface area contributed by atoms with Crippen LogP contribution in [-0.4, -0.2) is 25.1 Å². The first kappa shape index (κ1) is 15.9. The molecule has 1 aromatic heterocycles. The number of para-hydroxylation sites is 1. The fraction of sp³-hybridized carbons (Fsp3) is 0.211. The summed E-state index contributed by atoms with van der Waals surface area (Å²) in [7, 11) is 3.21. The topological polar surface area (TPSA) is 63.3 Å². The standard InChI is InChI=1S/C19H20N2O3/c1-23-15-8-7-13(18(10-15)24-2)11-21-19(22)9-14-12-20-17-6-4-3-5-16(14)17/h3-8,10,12,20H,9,11H2,1-2H3,(H,21,22). The zero-order valence-electron chi connectivity index (χ0n) is 13.8. The van der Waals surface area contributed by atoms with Gasteiger partial charge in [-0.15, -0.1) is 0 Å². The quantitative estimate of drug-likeness (QED) is 0.732. The van der Waals surface area contributed by atoms with Gasteiger partial charge in [0.2, 0.25) is 5.91 Å². The lowest BCUT2D eigenvalue weighted by Gasteiger charge is -2.11. The SMILES string of the molecule is COc1ccc(CNC(=O)Cc2c[nH]c3ccccc23)c(OC)c1. The number of hydrogen-bond donors (Lipinski definition) is 2. The van der Waals surface area contributed by atoms with Crippen LogP contribution in [0.25, 0.3) is 10.9 Å². The fourth-order valence-corrected chi connectivity index (χ4v) is 2.71. The molecule has 0 unspecified atom stereocenters. The Kier molecular flexibility index (Phi) is 4.70. The van der Waals surface area contributed by atoms with Gasteiger partial charge in [0.15, 0.2) is 0 Å². The maximum Gasteiger partial charge on any atom is 0.224 e. The third-order valence-electron chi connectivity index (χ3n) is 4.00. The Labute approximate surface area is 140 Å². The summed E-state index contributed by atoms with van der Waals surface area (Å²) >= 11 is 0. The number of nitrogens with one attached hydrogen (secondary N) is 2. The van der Waals surface area contributed by atoms with Crippen LogP contribution in [-0.2, 0) is 17.8 Å². The van der Waals surface area contributed by atoms with Crippen molar-refractivity contribution in [2.75, 3.05) is 14.2 Å². The fourth-order valence-electron chi connectivity index (χ4n) is 2.71. The molecule has 0 radical (unpaired) electrons. The van der Waals surface area contributed by atoms with Gasteiger partial charge in [-0.1, -0.05) is 18.2 Å². The largest absolute Gasteiger partial charge is 0.497 e. The van der Waals surface area contributed by atoms with E-state index in [0.29, 0.717) is 18.7 Å². The molecule has 0 aliphatic heterocycles. The number of H-pyrrole nitrogens is 1. The minimum atomic E-state index is -0.0300. The summed E-state index contributed by atoms with van der Waals surface area (Å²) in [5.41, 5.74) is 2.94. The highest BCUT2D eigenvalue weighted by Gasteiger charge is 2.10. The highest BCUT2D eigenvalue weighted by Crippen LogP contribution is 2.24. The van der Waals surface area contributed by atoms with E-state index in [4.69, 9.17) is 9.47 Å². The van der Waals surface area contributed by atoms with Crippen LogP contribution in [0.3, 0.4) is 0 Å². The van der Waals surface area contributed by atoms with Gasteiger partial charge in [-0.25, -0.2) is 0 Å². The molecule has 0 aliphatic carbocycles. The van der Waals surface area contributed by atoms with Crippen molar-refractivity contribution >= 4 is 16.8 Å². The minimum absolute atomic E-state index is 0.0300. The number of methoxy groups -OCH3 is 2. The maximum absolute atomic E-state index is 12.3. The van der Waals surface area contributed by atoms with E-state index in [0.717, 1.165) is 27.8 Å². The molecule has 0 atom stereocenters. The molecule has 1 heterocycles. The predicted octanol–water partition coefficient (Wildman–Crippen LogP) is 3.04. The van der Waals surface area contributed by atoms with Gasteiger partial charge in [-0.05, 0) is 23.8 Å². The van der Waals surface area contributed by atoms with Gasteiger partial charge in [0.05, 0.1) is 20.6 Å². The number of carbonyl (C=O) groups excluding carboxylic acids is 1. The molecule has 5 heteroatoms. The Morgan fingerprint density at radius 2 is 1.92 bits per heavy atom. The monoisotopic (exact) mass is 324 g/mol. The summed E-state index contributed by atoms with van der Waals surface area (Å²) < 4.78 is 10.5. The van der Waals surface area contributed by atoms with Gasteiger partial charge in [0, 0.05) is 35.3 Å². The number of carbonyl (C=O) groups is 1. The molecular weight excluding hydrogens is 304 g/mol. The summed E-state index contributed by atoms with van der Waals surface area (Å²) in [5, 5.41) is 4.02. The Hall–Kier alpha value is -2.95. The lowest BCUT2D eigenvalue weighted by molar-refractivity contribution is -0.120. The van der Waals surface area contributed by atoms with Gasteiger partial charge < -0.3 is 19.8 Å². The van der Waals surface area contributed by atoms with E-state index in [-0.39, 0.29) is 5.91 Å². The van der Waals surface area contributed by atoms with Crippen LogP contribution in [0, 0.1) is 0 Å². The summed E-state index contributed by atoms with van der Waals surface area (Å²) in [4.78, 5) is 15.4. The molecule has 3 aromatic rings. The number of aromatic nitrogens is 1. The molecule has 2 aromatic carbocycles. The smallest absolute Gasteiger partial charge is 0.224 e. The van der Waals surface area contributed by atoms with E-state index < -0.39 is 0 Å². The van der Waals surface area contributed by atoms with Crippen molar-refractivity contribution in [3.05, 3.63) is 59.8 Å². The van der Waals surface area contributed by atoms with Crippen LogP contribution in [0.5, 0.6) is 11.5 Å². The van der Waals surface area contributed by atoms with Crippen molar-refractivity contribution in [2.24, 2.45) is 0 Å². The Bertz CT molecular complexity index is 855. The Morgan fingerprint density at radius 3 is 2.71 bits per heavy atom. The number of hydrogen-bond acceptors (Lipinski definition) is 3. The molecule has 124 valence electrons. The van der Waals surface area contributed by atoms with Crippen molar-refractivity contribution in [3.8, 4) is 11.5 Å². The molecule has 24 heavy (non-hydrogen) atoms. The molecule has 5 nitrogen and oxygen atoms in total. The first-order chi connectivity index (χ1) is 11.7. The van der Waals surface area contributed by atoms with E-state index >= 15 is 0 Å². The third kappa shape index (κ3) is 3.35. The normalized spacial score (nSPS) is 10.6. The van der Waals surface area contributed by atoms with Crippen molar-refractivity contribution in [2.45, 2.75) is 13.0 Å². The number of benzene rings is 2. The van der Waals surface area contributed by atoms with Gasteiger partial charge in [0.1, 0.15) is 11.5 Å². The van der Waals surface area contributed by atoms with Crippen molar-refractivity contribution < 1.29 is 14.3 Å². The molecule has 0 saturated carbocycles. The van der Waals surface area contributed by atoms with Gasteiger partial charge in [-0.2, -0.15) is 0 Å². The molecule has 0 aliphatic rings. The van der Waals surface area contributed by atoms with Crippen LogP contribution in [0.1, 0.15) is 11.1 Å². The zero-order chi connectivity index (χ0) is 16.9. The van der Waals surface area contributed by atoms with Crippen LogP contribution in [0.2, 0.25) is 0 Å². The highest BCUT2D eigenvalue weighted by molar-refractivity contribution is 5.88. The molecule has 0 bridgehead atoms. The van der Waals surface area contributed by atoms with Crippen molar-refractivity contribution in [3.63, 3.8) is 0 Å². The van der Waals surface area contributed by atoms with Crippen LogP contribution in [0.15, 0.2) is 48.7 Å². The Morgan fingerprint density at radius 1 is 1.08 bits per heavy atom. The minimum Gasteiger partial charge on any atom is -0.497 e. The van der Waals surface area contributed by atoms with Crippen molar-refractivity contribution in [1.29, 1.82) is 0 Å². The molecule has 0 fully saturated rings. The van der Waals surface area contributed by atoms with Gasteiger partial charge >= 0.3 is 0 Å². The maximum atomic E-state index is 12.3. The molecule has 0 saturated heterocycles. The van der Waals surface area contributed by atoms with E-state index in [1.807, 2.05) is 42.6 Å². The molecule has 1 amide bonds. The Balaban J connectivity index is 1.65. The number of rotatable bonds is 6. The van der Waals surface area contributed by atoms with E-state index in [2.05, 4.69) is 10.3 Å². The van der Waals surface area contributed by atoms with Crippen molar-refractivity contribution in [1.82, 2.24) is 10.3 Å². The van der Waals surface area contributed by atoms with Gasteiger partial charge in [-0.3, -0.25) is 4.79 Å². The summed E-state index contributed by atoms with van der Waals surface area (Å²) in [6.45, 7) is 0.411. The first-order valence-corrected chi connectivity index (χ1v) is 7.74. The molecule has 0 spiro atoms. The number of ether oxygens (including phenoxy) is 2. The lowest BCUT2D eigenvalue weighted by atomic mass is 10.1. The summed E-state index contributed by atoms with van der Waals surface area (Å²) in [6.07, 6.45) is 2.22. The second-order valence-corrected chi connectivity index (χ2v) is 5.49.